The van der Waals surface area contributed by atoms with Crippen molar-refractivity contribution in [3.05, 3.63) is 27.6 Å². The summed E-state index contributed by atoms with van der Waals surface area (Å²) in [5, 5.41) is 10.7. The van der Waals surface area contributed by atoms with E-state index in [2.05, 4.69) is 9.72 Å². The zero-order valence-electron chi connectivity index (χ0n) is 9.15. The number of halogens is 5. The molecule has 1 heterocycles. The van der Waals surface area contributed by atoms with E-state index in [1.165, 1.54) is 0 Å². The van der Waals surface area contributed by atoms with Gasteiger partial charge in [0, 0.05) is 6.20 Å². The lowest BCUT2D eigenvalue weighted by molar-refractivity contribution is -0.389. The van der Waals surface area contributed by atoms with Crippen LogP contribution in [0.25, 0.3) is 0 Å². The molecule has 0 saturated carbocycles. The van der Waals surface area contributed by atoms with E-state index < -0.39 is 46.3 Å². The van der Waals surface area contributed by atoms with Crippen LogP contribution in [-0.2, 0) is 0 Å². The summed E-state index contributed by atoms with van der Waals surface area (Å²) in [4.78, 5) is 22.9. The highest BCUT2D eigenvalue weighted by Gasteiger charge is 2.40. The number of carbonyl (C=O) groups is 1. The lowest BCUT2D eigenvalue weighted by atomic mass is 10.2. The van der Waals surface area contributed by atoms with Crippen molar-refractivity contribution in [1.29, 1.82) is 0 Å². The SMILES string of the molecule is NC(=O)c1cnc(C(F)F)c(OC(F)(F)F)c1[N+](=O)[O-]. The van der Waals surface area contributed by atoms with Gasteiger partial charge in [0.1, 0.15) is 5.56 Å². The second kappa shape index (κ2) is 5.22. The first-order valence-corrected chi connectivity index (χ1v) is 4.55. The van der Waals surface area contributed by atoms with Crippen LogP contribution >= 0.6 is 0 Å². The van der Waals surface area contributed by atoms with E-state index in [4.69, 9.17) is 5.73 Å². The minimum Gasteiger partial charge on any atom is -0.396 e. The highest BCUT2D eigenvalue weighted by molar-refractivity contribution is 5.97. The molecule has 0 aromatic carbocycles. The number of amides is 1. The first-order chi connectivity index (χ1) is 9.04. The fourth-order valence-electron chi connectivity index (χ4n) is 1.23. The molecule has 0 aliphatic carbocycles. The highest BCUT2D eigenvalue weighted by atomic mass is 19.4. The number of carbonyl (C=O) groups excluding carboxylic acids is 1. The number of hydrogen-bond acceptors (Lipinski definition) is 5. The van der Waals surface area contributed by atoms with Gasteiger partial charge in [0.15, 0.2) is 5.69 Å². The van der Waals surface area contributed by atoms with Gasteiger partial charge in [0.2, 0.25) is 5.75 Å². The molecule has 1 aromatic rings. The van der Waals surface area contributed by atoms with E-state index in [9.17, 15) is 36.9 Å². The van der Waals surface area contributed by atoms with Crippen LogP contribution in [0.3, 0.4) is 0 Å². The zero-order chi connectivity index (χ0) is 15.7. The molecule has 0 spiro atoms. The summed E-state index contributed by atoms with van der Waals surface area (Å²) in [6, 6.07) is 0. The number of nitro groups is 1. The van der Waals surface area contributed by atoms with Crippen LogP contribution in [-0.4, -0.2) is 22.2 Å². The minimum atomic E-state index is -5.49. The number of alkyl halides is 5. The highest BCUT2D eigenvalue weighted by Crippen LogP contribution is 2.40. The maximum Gasteiger partial charge on any atom is 0.573 e. The number of primary amides is 1. The second-order valence-electron chi connectivity index (χ2n) is 3.20. The monoisotopic (exact) mass is 301 g/mol. The number of rotatable bonds is 4. The Labute approximate surface area is 106 Å². The largest absolute Gasteiger partial charge is 0.573 e. The molecule has 1 aromatic heterocycles. The smallest absolute Gasteiger partial charge is 0.396 e. The molecular formula is C8H4F5N3O4. The van der Waals surface area contributed by atoms with Gasteiger partial charge in [-0.05, 0) is 0 Å². The third-order valence-corrected chi connectivity index (χ3v) is 1.91. The summed E-state index contributed by atoms with van der Waals surface area (Å²) in [5.74, 6) is -3.38. The Balaban J connectivity index is 3.65. The number of ether oxygens (including phenoxy) is 1. The Morgan fingerprint density at radius 2 is 2.00 bits per heavy atom. The zero-order valence-corrected chi connectivity index (χ0v) is 9.15. The molecule has 12 heteroatoms. The minimum absolute atomic E-state index is 0.283. The lowest BCUT2D eigenvalue weighted by Gasteiger charge is -2.13. The van der Waals surface area contributed by atoms with Crippen LogP contribution in [0.5, 0.6) is 5.75 Å². The molecule has 0 bridgehead atoms. The van der Waals surface area contributed by atoms with E-state index in [0.717, 1.165) is 0 Å². The van der Waals surface area contributed by atoms with Crippen molar-refractivity contribution in [2.45, 2.75) is 12.8 Å². The Morgan fingerprint density at radius 3 is 2.35 bits per heavy atom. The van der Waals surface area contributed by atoms with Gasteiger partial charge < -0.3 is 10.5 Å². The molecule has 110 valence electrons. The average molecular weight is 301 g/mol. The van der Waals surface area contributed by atoms with Gasteiger partial charge in [0.05, 0.1) is 4.92 Å². The van der Waals surface area contributed by atoms with Crippen molar-refractivity contribution in [2.75, 3.05) is 0 Å². The van der Waals surface area contributed by atoms with Gasteiger partial charge in [0.25, 0.3) is 12.3 Å². The van der Waals surface area contributed by atoms with Crippen LogP contribution in [0, 0.1) is 10.1 Å². The molecule has 20 heavy (non-hydrogen) atoms. The molecule has 7 nitrogen and oxygen atoms in total. The molecule has 0 fully saturated rings. The Bertz CT molecular complexity index is 560. The van der Waals surface area contributed by atoms with Crippen molar-refractivity contribution in [2.24, 2.45) is 5.73 Å². The molecule has 0 aliphatic rings. The van der Waals surface area contributed by atoms with Crippen molar-refractivity contribution in [3.63, 3.8) is 0 Å². The van der Waals surface area contributed by atoms with Crippen LogP contribution in [0.2, 0.25) is 0 Å². The fourth-order valence-corrected chi connectivity index (χ4v) is 1.23. The van der Waals surface area contributed by atoms with Gasteiger partial charge >= 0.3 is 12.0 Å². The van der Waals surface area contributed by atoms with Gasteiger partial charge in [-0.3, -0.25) is 19.9 Å². The normalized spacial score (nSPS) is 11.5. The van der Waals surface area contributed by atoms with E-state index in [1.807, 2.05) is 0 Å². The summed E-state index contributed by atoms with van der Waals surface area (Å²) < 4.78 is 64.6. The number of nitrogens with two attached hydrogens (primary N) is 1. The predicted molar refractivity (Wildman–Crippen MR) is 51.0 cm³/mol. The number of nitrogens with zero attached hydrogens (tertiary/aromatic N) is 2. The van der Waals surface area contributed by atoms with Crippen molar-refractivity contribution < 1.29 is 36.4 Å². The maximum atomic E-state index is 12.5. The van der Waals surface area contributed by atoms with Gasteiger partial charge in [-0.2, -0.15) is 0 Å². The number of hydrogen-bond donors (Lipinski definition) is 1. The Hall–Kier alpha value is -2.53. The second-order valence-corrected chi connectivity index (χ2v) is 3.20. The van der Waals surface area contributed by atoms with E-state index in [1.54, 1.807) is 0 Å². The summed E-state index contributed by atoms with van der Waals surface area (Å²) in [6.07, 6.45) is -8.80. The maximum absolute atomic E-state index is 12.5. The van der Waals surface area contributed by atoms with E-state index in [-0.39, 0.29) is 6.20 Å². The number of pyridine rings is 1. The van der Waals surface area contributed by atoms with Gasteiger partial charge in [-0.1, -0.05) is 0 Å². The summed E-state index contributed by atoms with van der Waals surface area (Å²) in [7, 11) is 0. The molecular weight excluding hydrogens is 297 g/mol. The van der Waals surface area contributed by atoms with Gasteiger partial charge in [-0.15, -0.1) is 13.2 Å². The molecule has 1 rings (SSSR count). The van der Waals surface area contributed by atoms with Gasteiger partial charge in [-0.25, -0.2) is 8.78 Å². The van der Waals surface area contributed by atoms with Crippen molar-refractivity contribution in [1.82, 2.24) is 4.98 Å². The predicted octanol–water partition coefficient (Wildman–Crippen LogP) is 1.92. The average Bonchev–Trinajstić information content (AvgIpc) is 2.24. The Kier molecular flexibility index (Phi) is 4.06. The first kappa shape index (κ1) is 15.5. The fraction of sp³-hybridized carbons (Fsp3) is 0.250. The molecule has 2 N–H and O–H groups in total. The summed E-state index contributed by atoms with van der Waals surface area (Å²) >= 11 is 0. The van der Waals surface area contributed by atoms with E-state index in [0.29, 0.717) is 0 Å². The number of aromatic nitrogens is 1. The summed E-state index contributed by atoms with van der Waals surface area (Å²) in [6.45, 7) is 0. The molecule has 0 aliphatic heterocycles. The van der Waals surface area contributed by atoms with Crippen molar-refractivity contribution in [3.8, 4) is 5.75 Å². The first-order valence-electron chi connectivity index (χ1n) is 4.55. The molecule has 0 unspecified atom stereocenters. The molecule has 1 amide bonds. The van der Waals surface area contributed by atoms with Crippen LogP contribution in [0.4, 0.5) is 27.6 Å². The topological polar surface area (TPSA) is 108 Å². The van der Waals surface area contributed by atoms with Crippen LogP contribution in [0.15, 0.2) is 6.20 Å². The van der Waals surface area contributed by atoms with Crippen LogP contribution < -0.4 is 10.5 Å². The Morgan fingerprint density at radius 1 is 1.45 bits per heavy atom. The molecule has 0 radical (unpaired) electrons. The molecule has 0 saturated heterocycles. The summed E-state index contributed by atoms with van der Waals surface area (Å²) in [5.41, 5.74) is 0.368. The van der Waals surface area contributed by atoms with Crippen molar-refractivity contribution >= 4 is 11.6 Å². The third kappa shape index (κ3) is 3.27. The third-order valence-electron chi connectivity index (χ3n) is 1.91. The lowest BCUT2D eigenvalue weighted by Crippen LogP contribution is -2.22. The quantitative estimate of drug-likeness (QED) is 0.519. The standard InChI is InChI=1S/C8H4F5N3O4/c9-6(10)3-5(20-8(11,12)13)4(16(18)19)2(1-15-3)7(14)17/h1,6H,(H2,14,17). The van der Waals surface area contributed by atoms with E-state index >= 15 is 0 Å². The molecule has 0 atom stereocenters. The van der Waals surface area contributed by atoms with Crippen LogP contribution in [0.1, 0.15) is 22.5 Å².